The summed E-state index contributed by atoms with van der Waals surface area (Å²) >= 11 is 0. The van der Waals surface area contributed by atoms with E-state index in [-0.39, 0.29) is 23.1 Å². The monoisotopic (exact) mass is 354 g/mol. The molecule has 2 aliphatic heterocycles. The first-order valence-electron chi connectivity index (χ1n) is 9.62. The molecular formula is C22H30N2O2. The Morgan fingerprint density at radius 2 is 1.92 bits per heavy atom. The van der Waals surface area contributed by atoms with Gasteiger partial charge in [0, 0.05) is 26.2 Å². The van der Waals surface area contributed by atoms with Gasteiger partial charge in [-0.1, -0.05) is 45.5 Å². The van der Waals surface area contributed by atoms with Crippen LogP contribution >= 0.6 is 0 Å². The van der Waals surface area contributed by atoms with Crippen LogP contribution in [-0.2, 0) is 28.0 Å². The summed E-state index contributed by atoms with van der Waals surface area (Å²) in [6.07, 6.45) is 4.01. The molecule has 1 atom stereocenters. The van der Waals surface area contributed by atoms with Crippen LogP contribution in [0.1, 0.15) is 50.3 Å². The third-order valence-electron chi connectivity index (χ3n) is 5.65. The van der Waals surface area contributed by atoms with E-state index >= 15 is 0 Å². The Hall–Kier alpha value is -2.10. The van der Waals surface area contributed by atoms with Gasteiger partial charge in [-0.3, -0.25) is 9.59 Å². The minimum Gasteiger partial charge on any atom is -0.338 e. The molecule has 2 aliphatic rings. The molecule has 4 heteroatoms. The Kier molecular flexibility index (Phi) is 5.22. The lowest BCUT2D eigenvalue weighted by Gasteiger charge is -2.36. The van der Waals surface area contributed by atoms with E-state index in [0.29, 0.717) is 13.1 Å². The maximum Gasteiger partial charge on any atom is 0.245 e. The highest BCUT2D eigenvalue weighted by Crippen LogP contribution is 2.29. The van der Waals surface area contributed by atoms with Gasteiger partial charge in [-0.05, 0) is 47.4 Å². The average molecular weight is 354 g/mol. The second-order valence-corrected chi connectivity index (χ2v) is 8.57. The zero-order valence-electron chi connectivity index (χ0n) is 16.3. The highest BCUT2D eigenvalue weighted by atomic mass is 16.2. The Morgan fingerprint density at radius 1 is 1.15 bits per heavy atom. The fraction of sp³-hybridized carbons (Fsp3) is 0.545. The van der Waals surface area contributed by atoms with Crippen LogP contribution in [0.2, 0.25) is 0 Å². The molecule has 140 valence electrons. The molecular weight excluding hydrogens is 324 g/mol. The molecule has 1 fully saturated rings. The first kappa shape index (κ1) is 18.7. The summed E-state index contributed by atoms with van der Waals surface area (Å²) in [5, 5.41) is 0. The summed E-state index contributed by atoms with van der Waals surface area (Å²) in [4.78, 5) is 28.7. The van der Waals surface area contributed by atoms with Gasteiger partial charge >= 0.3 is 0 Å². The van der Waals surface area contributed by atoms with Crippen molar-refractivity contribution in [1.29, 1.82) is 0 Å². The molecule has 0 aromatic heterocycles. The lowest BCUT2D eigenvalue weighted by atomic mass is 9.84. The van der Waals surface area contributed by atoms with E-state index in [0.717, 1.165) is 32.4 Å². The van der Waals surface area contributed by atoms with Crippen LogP contribution < -0.4 is 0 Å². The van der Waals surface area contributed by atoms with E-state index < -0.39 is 0 Å². The minimum atomic E-state index is -0.0833. The topological polar surface area (TPSA) is 40.6 Å². The third kappa shape index (κ3) is 3.84. The Labute approximate surface area is 156 Å². The molecule has 2 amide bonds. The number of amides is 2. The zero-order valence-corrected chi connectivity index (χ0v) is 16.3. The van der Waals surface area contributed by atoms with Crippen molar-refractivity contribution in [2.24, 2.45) is 5.92 Å². The van der Waals surface area contributed by atoms with Gasteiger partial charge < -0.3 is 9.80 Å². The number of hydrogen-bond acceptors (Lipinski definition) is 2. The molecule has 26 heavy (non-hydrogen) atoms. The average Bonchev–Trinajstić information content (AvgIpc) is 2.65. The predicted molar refractivity (Wildman–Crippen MR) is 104 cm³/mol. The lowest BCUT2D eigenvalue weighted by Crippen LogP contribution is -2.47. The number of hydrogen-bond donors (Lipinski definition) is 0. The number of rotatable bonds is 2. The maximum atomic E-state index is 13.1. The summed E-state index contributed by atoms with van der Waals surface area (Å²) in [6.45, 7) is 12.9. The van der Waals surface area contributed by atoms with Crippen LogP contribution in [0.5, 0.6) is 0 Å². The van der Waals surface area contributed by atoms with Gasteiger partial charge in [-0.2, -0.15) is 0 Å². The maximum absolute atomic E-state index is 13.1. The lowest BCUT2D eigenvalue weighted by molar-refractivity contribution is -0.140. The van der Waals surface area contributed by atoms with Crippen LogP contribution in [-0.4, -0.2) is 41.2 Å². The van der Waals surface area contributed by atoms with E-state index in [1.807, 2.05) is 4.90 Å². The first-order valence-corrected chi connectivity index (χ1v) is 9.62. The second-order valence-electron chi connectivity index (χ2n) is 8.57. The van der Waals surface area contributed by atoms with Crippen LogP contribution in [0.15, 0.2) is 30.9 Å². The van der Waals surface area contributed by atoms with E-state index in [4.69, 9.17) is 0 Å². The van der Waals surface area contributed by atoms with Crippen molar-refractivity contribution in [3.05, 3.63) is 47.5 Å². The van der Waals surface area contributed by atoms with E-state index in [9.17, 15) is 9.59 Å². The predicted octanol–water partition coefficient (Wildman–Crippen LogP) is 3.29. The molecule has 0 N–H and O–H groups in total. The number of benzene rings is 1. The van der Waals surface area contributed by atoms with Gasteiger partial charge in [0.2, 0.25) is 11.8 Å². The van der Waals surface area contributed by atoms with Gasteiger partial charge in [0.05, 0.1) is 5.92 Å². The molecule has 4 nitrogen and oxygen atoms in total. The quantitative estimate of drug-likeness (QED) is 0.765. The molecule has 0 aliphatic carbocycles. The van der Waals surface area contributed by atoms with E-state index in [2.05, 4.69) is 45.5 Å². The summed E-state index contributed by atoms with van der Waals surface area (Å²) in [5.41, 5.74) is 4.04. The van der Waals surface area contributed by atoms with Crippen LogP contribution in [0, 0.1) is 5.92 Å². The second kappa shape index (κ2) is 7.26. The number of carbonyl (C=O) groups excluding carboxylic acids is 2. The van der Waals surface area contributed by atoms with Crippen molar-refractivity contribution < 1.29 is 9.59 Å². The first-order chi connectivity index (χ1) is 12.3. The SMILES string of the molecule is C=CC(=O)N1CCCC(C(=O)N2CCc3ccc(C(C)(C)C)cc3C2)C1. The summed E-state index contributed by atoms with van der Waals surface area (Å²) in [5.74, 6) is 0.0414. The van der Waals surface area contributed by atoms with Crippen molar-refractivity contribution in [2.45, 2.75) is 52.0 Å². The van der Waals surface area contributed by atoms with Crippen LogP contribution in [0.25, 0.3) is 0 Å². The Bertz CT molecular complexity index is 717. The Morgan fingerprint density at radius 3 is 2.62 bits per heavy atom. The molecule has 1 saturated heterocycles. The summed E-state index contributed by atoms with van der Waals surface area (Å²) < 4.78 is 0. The van der Waals surface area contributed by atoms with Gasteiger partial charge in [0.25, 0.3) is 0 Å². The highest BCUT2D eigenvalue weighted by molar-refractivity contribution is 5.88. The largest absolute Gasteiger partial charge is 0.338 e. The summed E-state index contributed by atoms with van der Waals surface area (Å²) in [6, 6.07) is 6.71. The van der Waals surface area contributed by atoms with Gasteiger partial charge in [-0.25, -0.2) is 0 Å². The number of likely N-dealkylation sites (tertiary alicyclic amines) is 1. The fourth-order valence-corrected chi connectivity index (χ4v) is 3.98. The standard InChI is InChI=1S/C22H30N2O2/c1-5-20(25)23-11-6-7-17(14-23)21(26)24-12-10-16-8-9-19(22(2,3)4)13-18(16)15-24/h5,8-9,13,17H,1,6-7,10-12,14-15H2,2-4H3. The van der Waals surface area contributed by atoms with Gasteiger partial charge in [0.1, 0.15) is 0 Å². The van der Waals surface area contributed by atoms with Crippen LogP contribution in [0.3, 0.4) is 0 Å². The summed E-state index contributed by atoms with van der Waals surface area (Å²) in [7, 11) is 0. The number of piperidine rings is 1. The minimum absolute atomic E-state index is 0.0682. The third-order valence-corrected chi connectivity index (χ3v) is 5.65. The fourth-order valence-electron chi connectivity index (χ4n) is 3.98. The normalized spacial score (nSPS) is 20.5. The molecule has 1 aromatic rings. The van der Waals surface area contributed by atoms with Crippen molar-refractivity contribution in [2.75, 3.05) is 19.6 Å². The van der Waals surface area contributed by atoms with E-state index in [1.165, 1.54) is 22.8 Å². The molecule has 0 bridgehead atoms. The van der Waals surface area contributed by atoms with Crippen molar-refractivity contribution >= 4 is 11.8 Å². The van der Waals surface area contributed by atoms with Gasteiger partial charge in [0.15, 0.2) is 0 Å². The van der Waals surface area contributed by atoms with E-state index in [1.54, 1.807) is 4.90 Å². The van der Waals surface area contributed by atoms with Gasteiger partial charge in [-0.15, -0.1) is 0 Å². The van der Waals surface area contributed by atoms with Crippen molar-refractivity contribution in [1.82, 2.24) is 9.80 Å². The highest BCUT2D eigenvalue weighted by Gasteiger charge is 2.32. The molecule has 2 heterocycles. The smallest absolute Gasteiger partial charge is 0.245 e. The van der Waals surface area contributed by atoms with Crippen molar-refractivity contribution in [3.8, 4) is 0 Å². The number of nitrogens with zero attached hydrogens (tertiary/aromatic N) is 2. The molecule has 1 unspecified atom stereocenters. The molecule has 0 saturated carbocycles. The van der Waals surface area contributed by atoms with Crippen LogP contribution in [0.4, 0.5) is 0 Å². The molecule has 1 aromatic carbocycles. The van der Waals surface area contributed by atoms with Crippen molar-refractivity contribution in [3.63, 3.8) is 0 Å². The Balaban J connectivity index is 1.72. The zero-order chi connectivity index (χ0) is 18.9. The number of fused-ring (bicyclic) bond motifs is 1. The number of carbonyl (C=O) groups is 2. The molecule has 0 spiro atoms. The molecule has 3 rings (SSSR count). The molecule has 0 radical (unpaired) electrons.